The van der Waals surface area contributed by atoms with Gasteiger partial charge in [-0.05, 0) is 44.4 Å². The van der Waals surface area contributed by atoms with E-state index in [9.17, 15) is 4.79 Å². The Kier molecular flexibility index (Phi) is 4.99. The van der Waals surface area contributed by atoms with Crippen LogP contribution < -0.4 is 0 Å². The highest BCUT2D eigenvalue weighted by Crippen LogP contribution is 2.53. The SMILES string of the molecule is CC(C)(C)OC(=O)C[C@H]1C[C@@H](CN2CCOCC2)C1(C)C. The van der Waals surface area contributed by atoms with Crippen LogP contribution in [0.15, 0.2) is 0 Å². The highest BCUT2D eigenvalue weighted by molar-refractivity contribution is 5.70. The van der Waals surface area contributed by atoms with Crippen LogP contribution >= 0.6 is 0 Å². The van der Waals surface area contributed by atoms with Crippen LogP contribution in [0.25, 0.3) is 0 Å². The van der Waals surface area contributed by atoms with Gasteiger partial charge in [0, 0.05) is 26.1 Å². The highest BCUT2D eigenvalue weighted by atomic mass is 16.6. The Morgan fingerprint density at radius 3 is 2.38 bits per heavy atom. The summed E-state index contributed by atoms with van der Waals surface area (Å²) < 4.78 is 10.9. The third-order valence-electron chi connectivity index (χ3n) is 5.09. The van der Waals surface area contributed by atoms with E-state index in [0.29, 0.717) is 18.3 Å². The number of hydrogen-bond donors (Lipinski definition) is 0. The van der Waals surface area contributed by atoms with E-state index in [2.05, 4.69) is 18.7 Å². The Morgan fingerprint density at radius 1 is 1.24 bits per heavy atom. The van der Waals surface area contributed by atoms with Crippen LogP contribution in [0.1, 0.15) is 47.5 Å². The molecule has 1 saturated heterocycles. The van der Waals surface area contributed by atoms with E-state index in [-0.39, 0.29) is 17.0 Å². The minimum Gasteiger partial charge on any atom is -0.460 e. The smallest absolute Gasteiger partial charge is 0.306 e. The molecule has 0 radical (unpaired) electrons. The van der Waals surface area contributed by atoms with Crippen molar-refractivity contribution in [2.24, 2.45) is 17.3 Å². The van der Waals surface area contributed by atoms with Crippen LogP contribution in [0.2, 0.25) is 0 Å². The first kappa shape index (κ1) is 16.8. The minimum atomic E-state index is -0.377. The number of carbonyl (C=O) groups is 1. The van der Waals surface area contributed by atoms with Gasteiger partial charge in [0.2, 0.25) is 0 Å². The summed E-state index contributed by atoms with van der Waals surface area (Å²) in [6.07, 6.45) is 1.70. The fraction of sp³-hybridized carbons (Fsp3) is 0.941. The quantitative estimate of drug-likeness (QED) is 0.748. The first-order chi connectivity index (χ1) is 9.68. The van der Waals surface area contributed by atoms with Crippen molar-refractivity contribution in [3.8, 4) is 0 Å². The zero-order chi connectivity index (χ0) is 15.7. The van der Waals surface area contributed by atoms with Crippen molar-refractivity contribution in [3.05, 3.63) is 0 Å². The van der Waals surface area contributed by atoms with Gasteiger partial charge in [-0.25, -0.2) is 0 Å². The van der Waals surface area contributed by atoms with Crippen molar-refractivity contribution in [1.82, 2.24) is 4.90 Å². The molecule has 4 nitrogen and oxygen atoms in total. The van der Waals surface area contributed by atoms with Gasteiger partial charge in [-0.1, -0.05) is 13.8 Å². The second-order valence-corrected chi connectivity index (χ2v) is 8.15. The molecule has 1 aliphatic carbocycles. The van der Waals surface area contributed by atoms with Crippen LogP contribution in [0, 0.1) is 17.3 Å². The van der Waals surface area contributed by atoms with Gasteiger partial charge in [-0.2, -0.15) is 0 Å². The number of carbonyl (C=O) groups excluding carboxylic acids is 1. The fourth-order valence-electron chi connectivity index (χ4n) is 3.46. The summed E-state index contributed by atoms with van der Waals surface area (Å²) in [6.45, 7) is 15.3. The Morgan fingerprint density at radius 2 is 1.86 bits per heavy atom. The molecule has 1 saturated carbocycles. The van der Waals surface area contributed by atoms with Crippen molar-refractivity contribution in [2.45, 2.75) is 53.1 Å². The van der Waals surface area contributed by atoms with Gasteiger partial charge in [-0.15, -0.1) is 0 Å². The molecular formula is C17H31NO3. The molecular weight excluding hydrogens is 266 g/mol. The van der Waals surface area contributed by atoms with Crippen LogP contribution in [0.3, 0.4) is 0 Å². The first-order valence-electron chi connectivity index (χ1n) is 8.20. The molecule has 0 aromatic heterocycles. The largest absolute Gasteiger partial charge is 0.460 e. The number of morpholine rings is 1. The second kappa shape index (κ2) is 6.25. The molecule has 1 heterocycles. The Hall–Kier alpha value is -0.610. The van der Waals surface area contributed by atoms with Gasteiger partial charge in [0.1, 0.15) is 5.60 Å². The molecule has 0 N–H and O–H groups in total. The Bertz CT molecular complexity index is 367. The van der Waals surface area contributed by atoms with E-state index in [4.69, 9.17) is 9.47 Å². The normalized spacial score (nSPS) is 29.8. The summed E-state index contributed by atoms with van der Waals surface area (Å²) in [5.41, 5.74) is -0.145. The van der Waals surface area contributed by atoms with Gasteiger partial charge < -0.3 is 9.47 Å². The molecule has 4 heteroatoms. The molecule has 0 spiro atoms. The van der Waals surface area contributed by atoms with E-state index >= 15 is 0 Å². The molecule has 2 atom stereocenters. The number of hydrogen-bond acceptors (Lipinski definition) is 4. The summed E-state index contributed by atoms with van der Waals surface area (Å²) in [5, 5.41) is 0. The lowest BCUT2D eigenvalue weighted by Gasteiger charge is -2.54. The summed E-state index contributed by atoms with van der Waals surface area (Å²) in [6, 6.07) is 0. The monoisotopic (exact) mass is 297 g/mol. The van der Waals surface area contributed by atoms with E-state index < -0.39 is 0 Å². The molecule has 2 fully saturated rings. The molecule has 2 aliphatic rings. The van der Waals surface area contributed by atoms with Crippen molar-refractivity contribution >= 4 is 5.97 Å². The lowest BCUT2D eigenvalue weighted by molar-refractivity contribution is -0.161. The van der Waals surface area contributed by atoms with Crippen molar-refractivity contribution in [2.75, 3.05) is 32.8 Å². The fourth-order valence-corrected chi connectivity index (χ4v) is 3.46. The lowest BCUT2D eigenvalue weighted by Crippen LogP contribution is -2.52. The number of rotatable bonds is 4. The number of esters is 1. The van der Waals surface area contributed by atoms with Gasteiger partial charge in [0.15, 0.2) is 0 Å². The third kappa shape index (κ3) is 4.43. The molecule has 122 valence electrons. The van der Waals surface area contributed by atoms with Crippen molar-refractivity contribution in [3.63, 3.8) is 0 Å². The summed E-state index contributed by atoms with van der Waals surface area (Å²) in [5.74, 6) is 1.09. The van der Waals surface area contributed by atoms with Crippen LogP contribution in [0.4, 0.5) is 0 Å². The minimum absolute atomic E-state index is 0.0506. The average Bonchev–Trinajstić information content (AvgIpc) is 2.36. The predicted octanol–water partition coefficient (Wildman–Crippen LogP) is 2.71. The molecule has 0 aromatic carbocycles. The average molecular weight is 297 g/mol. The maximum absolute atomic E-state index is 12.0. The summed E-state index contributed by atoms with van der Waals surface area (Å²) in [4.78, 5) is 14.5. The summed E-state index contributed by atoms with van der Waals surface area (Å²) in [7, 11) is 0. The first-order valence-corrected chi connectivity index (χ1v) is 8.20. The van der Waals surface area contributed by atoms with Crippen molar-refractivity contribution in [1.29, 1.82) is 0 Å². The van der Waals surface area contributed by atoms with Gasteiger partial charge in [0.05, 0.1) is 13.2 Å². The lowest BCUT2D eigenvalue weighted by atomic mass is 9.53. The van der Waals surface area contributed by atoms with E-state index in [1.807, 2.05) is 20.8 Å². The number of nitrogens with zero attached hydrogens (tertiary/aromatic N) is 1. The van der Waals surface area contributed by atoms with Crippen LogP contribution in [-0.2, 0) is 14.3 Å². The maximum Gasteiger partial charge on any atom is 0.306 e. The standard InChI is InChI=1S/C17H31NO3/c1-16(2,3)21-15(19)11-13-10-14(17(13,4)5)12-18-6-8-20-9-7-18/h13-14H,6-12H2,1-5H3/t13-,14+/m1/s1. The second-order valence-electron chi connectivity index (χ2n) is 8.15. The predicted molar refractivity (Wildman–Crippen MR) is 83.1 cm³/mol. The van der Waals surface area contributed by atoms with Crippen LogP contribution in [0.5, 0.6) is 0 Å². The Labute approximate surface area is 129 Å². The van der Waals surface area contributed by atoms with Gasteiger partial charge >= 0.3 is 5.97 Å². The number of ether oxygens (including phenoxy) is 2. The molecule has 21 heavy (non-hydrogen) atoms. The molecule has 0 bridgehead atoms. The van der Waals surface area contributed by atoms with E-state index in [1.54, 1.807) is 0 Å². The van der Waals surface area contributed by atoms with Crippen LogP contribution in [-0.4, -0.2) is 49.3 Å². The topological polar surface area (TPSA) is 38.8 Å². The highest BCUT2D eigenvalue weighted by Gasteiger charge is 2.49. The molecule has 0 unspecified atom stereocenters. The molecule has 0 amide bonds. The van der Waals surface area contributed by atoms with Crippen molar-refractivity contribution < 1.29 is 14.3 Å². The van der Waals surface area contributed by atoms with Gasteiger partial charge in [-0.3, -0.25) is 9.69 Å². The molecule has 0 aromatic rings. The van der Waals surface area contributed by atoms with Gasteiger partial charge in [0.25, 0.3) is 0 Å². The Balaban J connectivity index is 1.79. The summed E-state index contributed by atoms with van der Waals surface area (Å²) >= 11 is 0. The molecule has 2 rings (SSSR count). The maximum atomic E-state index is 12.0. The third-order valence-corrected chi connectivity index (χ3v) is 5.09. The molecule has 1 aliphatic heterocycles. The van der Waals surface area contributed by atoms with E-state index in [1.165, 1.54) is 0 Å². The zero-order valence-electron chi connectivity index (χ0n) is 14.3. The zero-order valence-corrected chi connectivity index (χ0v) is 14.3. The van der Waals surface area contributed by atoms with E-state index in [0.717, 1.165) is 39.3 Å².